The maximum Gasteiger partial charge on any atom is 0.275 e. The third-order valence-corrected chi connectivity index (χ3v) is 6.98. The van der Waals surface area contributed by atoms with Crippen molar-refractivity contribution in [2.75, 3.05) is 5.32 Å². The summed E-state index contributed by atoms with van der Waals surface area (Å²) in [5.41, 5.74) is 3.95. The number of halogens is 2. The van der Waals surface area contributed by atoms with Crippen molar-refractivity contribution in [2.45, 2.75) is 26.2 Å². The van der Waals surface area contributed by atoms with E-state index in [4.69, 9.17) is 4.74 Å². The van der Waals surface area contributed by atoms with Gasteiger partial charge in [-0.15, -0.1) is 11.3 Å². The van der Waals surface area contributed by atoms with Gasteiger partial charge in [0.05, 0.1) is 6.54 Å². The van der Waals surface area contributed by atoms with E-state index >= 15 is 0 Å². The molecule has 0 fully saturated rings. The summed E-state index contributed by atoms with van der Waals surface area (Å²) in [7, 11) is 0. The second-order valence-corrected chi connectivity index (χ2v) is 10.2. The number of nitrogens with one attached hydrogen (secondary N) is 1. The van der Waals surface area contributed by atoms with Gasteiger partial charge in [0, 0.05) is 24.2 Å². The standard InChI is InChI=1S/C32H27F2N3O2S/c33-26-10-6-23(7-11-26)18-37(19-24-8-16-29(17-9-24)39-21-25-4-2-1-3-5-25)20-31-36-30(22-40-31)32(38)35-28-14-12-27(34)13-15-28/h1-17,22H,18-21H2,(H,35,38). The minimum atomic E-state index is -0.371. The molecule has 0 saturated heterocycles. The zero-order chi connectivity index (χ0) is 27.7. The van der Waals surface area contributed by atoms with Crippen LogP contribution in [0.2, 0.25) is 0 Å². The molecule has 5 rings (SSSR count). The van der Waals surface area contributed by atoms with Crippen molar-refractivity contribution < 1.29 is 18.3 Å². The quantitative estimate of drug-likeness (QED) is 0.184. The molecule has 1 aromatic heterocycles. The first-order chi connectivity index (χ1) is 19.5. The summed E-state index contributed by atoms with van der Waals surface area (Å²) < 4.78 is 32.6. The maximum atomic E-state index is 13.5. The van der Waals surface area contributed by atoms with Crippen molar-refractivity contribution in [2.24, 2.45) is 0 Å². The van der Waals surface area contributed by atoms with Crippen molar-refractivity contribution >= 4 is 22.9 Å². The van der Waals surface area contributed by atoms with Crippen LogP contribution in [0.4, 0.5) is 14.5 Å². The zero-order valence-electron chi connectivity index (χ0n) is 21.6. The summed E-state index contributed by atoms with van der Waals surface area (Å²) in [5, 5.41) is 5.22. The van der Waals surface area contributed by atoms with Crippen LogP contribution >= 0.6 is 11.3 Å². The molecule has 0 bridgehead atoms. The van der Waals surface area contributed by atoms with E-state index in [2.05, 4.69) is 15.2 Å². The smallest absolute Gasteiger partial charge is 0.275 e. The minimum Gasteiger partial charge on any atom is -0.489 e. The molecule has 1 heterocycles. The van der Waals surface area contributed by atoms with Gasteiger partial charge in [-0.2, -0.15) is 0 Å². The number of nitrogens with zero attached hydrogens (tertiary/aromatic N) is 2. The first kappa shape index (κ1) is 27.2. The summed E-state index contributed by atoms with van der Waals surface area (Å²) in [5.74, 6) is -0.220. The Hall–Kier alpha value is -4.40. The second-order valence-electron chi connectivity index (χ2n) is 9.28. The highest BCUT2D eigenvalue weighted by Crippen LogP contribution is 2.21. The Bertz CT molecular complexity index is 1520. The van der Waals surface area contributed by atoms with Crippen molar-refractivity contribution in [3.05, 3.63) is 148 Å². The Morgan fingerprint density at radius 1 is 0.750 bits per heavy atom. The van der Waals surface area contributed by atoms with E-state index in [1.54, 1.807) is 17.5 Å². The molecule has 0 spiro atoms. The molecule has 1 N–H and O–H groups in total. The number of amides is 1. The van der Waals surface area contributed by atoms with Gasteiger partial charge in [-0.3, -0.25) is 9.69 Å². The number of rotatable bonds is 11. The van der Waals surface area contributed by atoms with Gasteiger partial charge >= 0.3 is 0 Å². The molecule has 0 atom stereocenters. The first-order valence-electron chi connectivity index (χ1n) is 12.7. The van der Waals surface area contributed by atoms with Crippen LogP contribution in [-0.2, 0) is 26.2 Å². The predicted molar refractivity (Wildman–Crippen MR) is 153 cm³/mol. The number of carbonyl (C=O) groups is 1. The molecule has 0 aliphatic rings. The van der Waals surface area contributed by atoms with Gasteiger partial charge in [-0.25, -0.2) is 13.8 Å². The van der Waals surface area contributed by atoms with Crippen LogP contribution < -0.4 is 10.1 Å². The van der Waals surface area contributed by atoms with E-state index < -0.39 is 0 Å². The molecule has 5 aromatic rings. The Kier molecular flexibility index (Phi) is 8.90. The van der Waals surface area contributed by atoms with Gasteiger partial charge in [0.2, 0.25) is 0 Å². The fourth-order valence-corrected chi connectivity index (χ4v) is 4.93. The summed E-state index contributed by atoms with van der Waals surface area (Å²) in [6.07, 6.45) is 0. The van der Waals surface area contributed by atoms with E-state index in [0.717, 1.165) is 27.4 Å². The summed E-state index contributed by atoms with van der Waals surface area (Å²) in [4.78, 5) is 19.4. The number of hydrogen-bond acceptors (Lipinski definition) is 5. The van der Waals surface area contributed by atoms with Crippen molar-refractivity contribution in [1.29, 1.82) is 0 Å². The third-order valence-electron chi connectivity index (χ3n) is 6.14. The predicted octanol–water partition coefficient (Wildman–Crippen LogP) is 7.46. The summed E-state index contributed by atoms with van der Waals surface area (Å²) in [6.45, 7) is 2.19. The molecule has 0 aliphatic carbocycles. The molecule has 0 aliphatic heterocycles. The SMILES string of the molecule is O=C(Nc1ccc(F)cc1)c1csc(CN(Cc2ccc(F)cc2)Cc2ccc(OCc3ccccc3)cc2)n1. The van der Waals surface area contributed by atoms with Gasteiger partial charge in [-0.1, -0.05) is 54.6 Å². The van der Waals surface area contributed by atoms with Gasteiger partial charge in [0.25, 0.3) is 5.91 Å². The van der Waals surface area contributed by atoms with E-state index in [-0.39, 0.29) is 17.5 Å². The molecule has 1 amide bonds. The fraction of sp³-hybridized carbons (Fsp3) is 0.125. The van der Waals surface area contributed by atoms with Crippen molar-refractivity contribution in [3.63, 3.8) is 0 Å². The van der Waals surface area contributed by atoms with Crippen LogP contribution in [0, 0.1) is 11.6 Å². The topological polar surface area (TPSA) is 54.5 Å². The number of ether oxygens (including phenoxy) is 1. The molecule has 8 heteroatoms. The Balaban J connectivity index is 1.25. The molecule has 0 unspecified atom stereocenters. The van der Waals surface area contributed by atoms with Crippen LogP contribution in [0.1, 0.15) is 32.2 Å². The number of benzene rings is 4. The Morgan fingerprint density at radius 3 is 2.00 bits per heavy atom. The fourth-order valence-electron chi connectivity index (χ4n) is 4.11. The number of thiazole rings is 1. The van der Waals surface area contributed by atoms with Crippen LogP contribution in [0.3, 0.4) is 0 Å². The Labute approximate surface area is 235 Å². The van der Waals surface area contributed by atoms with Gasteiger partial charge in [0.15, 0.2) is 0 Å². The monoisotopic (exact) mass is 555 g/mol. The number of carbonyl (C=O) groups excluding carboxylic acids is 1. The lowest BCUT2D eigenvalue weighted by Gasteiger charge is -2.22. The first-order valence-corrected chi connectivity index (χ1v) is 13.6. The number of hydrogen-bond donors (Lipinski definition) is 1. The molecule has 4 aromatic carbocycles. The van der Waals surface area contributed by atoms with Crippen LogP contribution in [0.15, 0.2) is 109 Å². The van der Waals surface area contributed by atoms with Gasteiger partial charge < -0.3 is 10.1 Å². The lowest BCUT2D eigenvalue weighted by Crippen LogP contribution is -2.22. The highest BCUT2D eigenvalue weighted by Gasteiger charge is 2.15. The van der Waals surface area contributed by atoms with E-state index in [1.807, 2.05) is 54.6 Å². The normalized spacial score (nSPS) is 11.0. The minimum absolute atomic E-state index is 0.280. The van der Waals surface area contributed by atoms with Gasteiger partial charge in [0.1, 0.15) is 34.7 Å². The largest absolute Gasteiger partial charge is 0.489 e. The molecular formula is C32H27F2N3O2S. The van der Waals surface area contributed by atoms with Crippen LogP contribution in [-0.4, -0.2) is 15.8 Å². The van der Waals surface area contributed by atoms with E-state index in [1.165, 1.54) is 47.7 Å². The van der Waals surface area contributed by atoms with Crippen LogP contribution in [0.25, 0.3) is 0 Å². The van der Waals surface area contributed by atoms with Crippen molar-refractivity contribution in [3.8, 4) is 5.75 Å². The number of aromatic nitrogens is 1. The highest BCUT2D eigenvalue weighted by atomic mass is 32.1. The van der Waals surface area contributed by atoms with E-state index in [0.29, 0.717) is 37.6 Å². The number of anilines is 1. The lowest BCUT2D eigenvalue weighted by atomic mass is 10.1. The third kappa shape index (κ3) is 7.81. The zero-order valence-corrected chi connectivity index (χ0v) is 22.4. The maximum absolute atomic E-state index is 13.5. The van der Waals surface area contributed by atoms with Crippen LogP contribution in [0.5, 0.6) is 5.75 Å². The van der Waals surface area contributed by atoms with Crippen molar-refractivity contribution in [1.82, 2.24) is 9.88 Å². The average Bonchev–Trinajstić information content (AvgIpc) is 3.44. The molecular weight excluding hydrogens is 528 g/mol. The Morgan fingerprint density at radius 2 is 1.35 bits per heavy atom. The van der Waals surface area contributed by atoms with Gasteiger partial charge in [-0.05, 0) is 65.2 Å². The summed E-state index contributed by atoms with van der Waals surface area (Å²) >= 11 is 1.40. The average molecular weight is 556 g/mol. The molecule has 0 saturated carbocycles. The summed E-state index contributed by atoms with van der Waals surface area (Å²) in [6, 6.07) is 30.0. The molecule has 40 heavy (non-hydrogen) atoms. The molecule has 0 radical (unpaired) electrons. The molecule has 5 nitrogen and oxygen atoms in total. The van der Waals surface area contributed by atoms with E-state index in [9.17, 15) is 13.6 Å². The highest BCUT2D eigenvalue weighted by molar-refractivity contribution is 7.09. The lowest BCUT2D eigenvalue weighted by molar-refractivity contribution is 0.102. The second kappa shape index (κ2) is 13.1. The molecule has 202 valence electrons.